The second kappa shape index (κ2) is 6.48. The molecule has 2 amide bonds. The number of ether oxygens (including phenoxy) is 2. The lowest BCUT2D eigenvalue weighted by atomic mass is 9.90. The van der Waals surface area contributed by atoms with Crippen LogP contribution >= 0.6 is 11.6 Å². The van der Waals surface area contributed by atoms with Crippen LogP contribution in [0.4, 0.5) is 0 Å². The molecule has 0 bridgehead atoms. The van der Waals surface area contributed by atoms with Gasteiger partial charge < -0.3 is 24.1 Å². The van der Waals surface area contributed by atoms with Crippen LogP contribution in [-0.2, 0) is 9.53 Å². The van der Waals surface area contributed by atoms with E-state index < -0.39 is 0 Å². The number of nitrogens with one attached hydrogen (secondary N) is 1. The molecule has 0 aliphatic carbocycles. The molecule has 138 valence electrons. The molecule has 2 aromatic rings. The average molecular weight is 379 g/mol. The lowest BCUT2D eigenvalue weighted by Crippen LogP contribution is -2.57. The molecular formula is C18H19ClN2O5. The lowest BCUT2D eigenvalue weighted by Gasteiger charge is -2.43. The minimum absolute atomic E-state index is 0.0814. The number of nitrogens with zero attached hydrogens (tertiary/aromatic N) is 1. The van der Waals surface area contributed by atoms with Gasteiger partial charge in [0.15, 0.2) is 17.1 Å². The maximum atomic E-state index is 12.8. The number of carbonyl (C=O) groups excluding carboxylic acids is 2. The lowest BCUT2D eigenvalue weighted by molar-refractivity contribution is -0.149. The summed E-state index contributed by atoms with van der Waals surface area (Å²) in [6.07, 6.45) is 1.35. The monoisotopic (exact) mass is 378 g/mol. The number of morpholine rings is 1. The molecule has 2 saturated heterocycles. The van der Waals surface area contributed by atoms with E-state index in [2.05, 4.69) is 5.32 Å². The van der Waals surface area contributed by atoms with E-state index in [1.54, 1.807) is 23.1 Å². The topological polar surface area (TPSA) is 81.0 Å². The summed E-state index contributed by atoms with van der Waals surface area (Å²) in [6.45, 7) is 1.67. The van der Waals surface area contributed by atoms with Crippen LogP contribution < -0.4 is 10.1 Å². The predicted molar refractivity (Wildman–Crippen MR) is 94.6 cm³/mol. The number of hydrogen-bond donors (Lipinski definition) is 1. The van der Waals surface area contributed by atoms with Crippen LogP contribution in [0.25, 0.3) is 11.0 Å². The van der Waals surface area contributed by atoms with Crippen molar-refractivity contribution >= 4 is 34.4 Å². The number of furan rings is 1. The Bertz CT molecular complexity index is 858. The van der Waals surface area contributed by atoms with Crippen LogP contribution in [-0.4, -0.2) is 55.7 Å². The van der Waals surface area contributed by atoms with Gasteiger partial charge in [-0.05, 0) is 25.0 Å². The Labute approximate surface area is 155 Å². The summed E-state index contributed by atoms with van der Waals surface area (Å²) in [5, 5.41) is 4.09. The fourth-order valence-corrected chi connectivity index (χ4v) is 3.73. The number of likely N-dealkylation sites (tertiary alicyclic amines) is 1. The number of fused-ring (bicyclic) bond motifs is 1. The van der Waals surface area contributed by atoms with E-state index in [0.717, 1.165) is 5.39 Å². The maximum Gasteiger partial charge on any atom is 0.289 e. The van der Waals surface area contributed by atoms with Gasteiger partial charge in [0.1, 0.15) is 6.61 Å². The zero-order valence-electron chi connectivity index (χ0n) is 14.3. The average Bonchev–Trinajstić information content (AvgIpc) is 3.07. The SMILES string of the molecule is COc1cc(Cl)cc2cc(C(=O)N3CCC4(CC3)CNC(=O)CO4)oc12. The first-order chi connectivity index (χ1) is 12.5. The summed E-state index contributed by atoms with van der Waals surface area (Å²) in [5.41, 5.74) is 0.141. The van der Waals surface area contributed by atoms with Crippen molar-refractivity contribution in [3.05, 3.63) is 29.0 Å². The first kappa shape index (κ1) is 17.2. The molecule has 0 atom stereocenters. The molecule has 1 aromatic heterocycles. The van der Waals surface area contributed by atoms with E-state index in [4.69, 9.17) is 25.5 Å². The summed E-state index contributed by atoms with van der Waals surface area (Å²) in [6, 6.07) is 5.08. The summed E-state index contributed by atoms with van der Waals surface area (Å²) in [5.74, 6) is 0.489. The fourth-order valence-electron chi connectivity index (χ4n) is 3.52. The van der Waals surface area contributed by atoms with Crippen molar-refractivity contribution in [2.75, 3.05) is 33.4 Å². The second-order valence-corrected chi connectivity index (χ2v) is 7.11. The molecule has 1 N–H and O–H groups in total. The molecule has 2 fully saturated rings. The van der Waals surface area contributed by atoms with Gasteiger partial charge in [-0.3, -0.25) is 9.59 Å². The Kier molecular flexibility index (Phi) is 4.28. The van der Waals surface area contributed by atoms with Crippen LogP contribution in [0.2, 0.25) is 5.02 Å². The fraction of sp³-hybridized carbons (Fsp3) is 0.444. The Balaban J connectivity index is 1.50. The molecule has 8 heteroatoms. The second-order valence-electron chi connectivity index (χ2n) is 6.68. The molecule has 4 rings (SSSR count). The quantitative estimate of drug-likeness (QED) is 0.866. The summed E-state index contributed by atoms with van der Waals surface area (Å²) in [4.78, 5) is 25.8. The first-order valence-electron chi connectivity index (χ1n) is 8.47. The number of hydrogen-bond acceptors (Lipinski definition) is 5. The molecule has 7 nitrogen and oxygen atoms in total. The molecule has 1 aromatic carbocycles. The third-order valence-corrected chi connectivity index (χ3v) is 5.27. The number of rotatable bonds is 2. The van der Waals surface area contributed by atoms with Gasteiger partial charge in [0.2, 0.25) is 5.91 Å². The van der Waals surface area contributed by atoms with Crippen LogP contribution in [0, 0.1) is 0 Å². The number of benzene rings is 1. The van der Waals surface area contributed by atoms with Gasteiger partial charge in [0, 0.05) is 36.1 Å². The number of carbonyl (C=O) groups is 2. The predicted octanol–water partition coefficient (Wildman–Crippen LogP) is 2.22. The smallest absolute Gasteiger partial charge is 0.289 e. The molecular weight excluding hydrogens is 360 g/mol. The highest BCUT2D eigenvalue weighted by molar-refractivity contribution is 6.31. The molecule has 2 aliphatic rings. The van der Waals surface area contributed by atoms with E-state index in [9.17, 15) is 9.59 Å². The summed E-state index contributed by atoms with van der Waals surface area (Å²) < 4.78 is 16.8. The first-order valence-corrected chi connectivity index (χ1v) is 8.84. The number of amides is 2. The standard InChI is InChI=1S/C18H19ClN2O5/c1-24-13-8-12(19)6-11-7-14(26-16(11)13)17(23)21-4-2-18(3-5-21)10-20-15(22)9-25-18/h6-8H,2-5,9-10H2,1H3,(H,20,22). The van der Waals surface area contributed by atoms with Gasteiger partial charge in [-0.15, -0.1) is 0 Å². The number of methoxy groups -OCH3 is 1. The van der Waals surface area contributed by atoms with Crippen LogP contribution in [0.3, 0.4) is 0 Å². The van der Waals surface area contributed by atoms with Crippen LogP contribution in [0.5, 0.6) is 5.75 Å². The third kappa shape index (κ3) is 3.01. The van der Waals surface area contributed by atoms with E-state index in [0.29, 0.717) is 48.8 Å². The van der Waals surface area contributed by atoms with Crippen molar-refractivity contribution in [2.45, 2.75) is 18.4 Å². The van der Waals surface area contributed by atoms with Crippen LogP contribution in [0.15, 0.2) is 22.6 Å². The zero-order valence-corrected chi connectivity index (χ0v) is 15.1. The zero-order chi connectivity index (χ0) is 18.3. The molecule has 3 heterocycles. The largest absolute Gasteiger partial charge is 0.493 e. The third-order valence-electron chi connectivity index (χ3n) is 5.06. The summed E-state index contributed by atoms with van der Waals surface area (Å²) in [7, 11) is 1.53. The highest BCUT2D eigenvalue weighted by atomic mass is 35.5. The molecule has 0 unspecified atom stereocenters. The molecule has 0 radical (unpaired) electrons. The van der Waals surface area contributed by atoms with Crippen molar-refractivity contribution in [3.63, 3.8) is 0 Å². The van der Waals surface area contributed by atoms with E-state index in [1.807, 2.05) is 0 Å². The van der Waals surface area contributed by atoms with Gasteiger partial charge >= 0.3 is 0 Å². The van der Waals surface area contributed by atoms with E-state index in [1.165, 1.54) is 7.11 Å². The van der Waals surface area contributed by atoms with Gasteiger partial charge in [-0.2, -0.15) is 0 Å². The molecule has 1 spiro atoms. The minimum atomic E-state index is -0.366. The van der Waals surface area contributed by atoms with E-state index >= 15 is 0 Å². The Hall–Kier alpha value is -2.25. The molecule has 2 aliphatic heterocycles. The van der Waals surface area contributed by atoms with Crippen molar-refractivity contribution in [1.82, 2.24) is 10.2 Å². The highest BCUT2D eigenvalue weighted by Crippen LogP contribution is 2.34. The van der Waals surface area contributed by atoms with E-state index in [-0.39, 0.29) is 29.8 Å². The van der Waals surface area contributed by atoms with Gasteiger partial charge in [0.05, 0.1) is 12.7 Å². The van der Waals surface area contributed by atoms with Crippen molar-refractivity contribution in [2.24, 2.45) is 0 Å². The van der Waals surface area contributed by atoms with Crippen molar-refractivity contribution in [3.8, 4) is 5.75 Å². The van der Waals surface area contributed by atoms with Gasteiger partial charge in [0.25, 0.3) is 5.91 Å². The van der Waals surface area contributed by atoms with Crippen LogP contribution in [0.1, 0.15) is 23.4 Å². The highest BCUT2D eigenvalue weighted by Gasteiger charge is 2.40. The summed E-state index contributed by atoms with van der Waals surface area (Å²) >= 11 is 6.07. The maximum absolute atomic E-state index is 12.8. The molecule has 26 heavy (non-hydrogen) atoms. The Morgan fingerprint density at radius 2 is 2.08 bits per heavy atom. The number of halogens is 1. The minimum Gasteiger partial charge on any atom is -0.493 e. The molecule has 0 saturated carbocycles. The normalized spacial score (nSPS) is 19.6. The Morgan fingerprint density at radius 1 is 1.31 bits per heavy atom. The van der Waals surface area contributed by atoms with Gasteiger partial charge in [-0.25, -0.2) is 0 Å². The Morgan fingerprint density at radius 3 is 2.73 bits per heavy atom. The number of piperidine rings is 1. The van der Waals surface area contributed by atoms with Crippen molar-refractivity contribution in [1.29, 1.82) is 0 Å². The van der Waals surface area contributed by atoms with Crippen molar-refractivity contribution < 1.29 is 23.5 Å². The van der Waals surface area contributed by atoms with Gasteiger partial charge in [-0.1, -0.05) is 11.6 Å².